The molecule has 3 nitrogen and oxygen atoms in total. The van der Waals surface area contributed by atoms with Gasteiger partial charge in [-0.1, -0.05) is 18.2 Å². The van der Waals surface area contributed by atoms with E-state index in [1.54, 1.807) is 18.0 Å². The third-order valence-corrected chi connectivity index (χ3v) is 4.91. The molecule has 1 aliphatic carbocycles. The fourth-order valence-electron chi connectivity index (χ4n) is 2.52. The zero-order valence-electron chi connectivity index (χ0n) is 12.1. The Kier molecular flexibility index (Phi) is 4.34. The topological polar surface area (TPSA) is 42.9 Å². The van der Waals surface area contributed by atoms with Crippen LogP contribution in [0.3, 0.4) is 0 Å². The number of ketones is 1. The summed E-state index contributed by atoms with van der Waals surface area (Å²) in [5, 5.41) is 0. The Morgan fingerprint density at radius 3 is 2.86 bits per heavy atom. The molecule has 0 spiro atoms. The number of nitrogens with zero attached hydrogens (tertiary/aromatic N) is 2. The zero-order chi connectivity index (χ0) is 14.7. The number of carbonyl (C=O) groups is 1. The highest BCUT2D eigenvalue weighted by atomic mass is 32.2. The van der Waals surface area contributed by atoms with Crippen molar-refractivity contribution in [1.29, 1.82) is 0 Å². The molecule has 0 aliphatic heterocycles. The van der Waals surface area contributed by atoms with E-state index in [9.17, 15) is 4.79 Å². The number of Topliss-reactive ketones (excluding diaryl/α,β-unsaturated/α-hetero) is 1. The van der Waals surface area contributed by atoms with Gasteiger partial charge in [0.2, 0.25) is 0 Å². The number of fused-ring (bicyclic) bond motifs is 1. The summed E-state index contributed by atoms with van der Waals surface area (Å²) in [6.07, 6.45) is 5.26. The second kappa shape index (κ2) is 6.39. The molecule has 108 valence electrons. The summed E-state index contributed by atoms with van der Waals surface area (Å²) < 4.78 is 0. The van der Waals surface area contributed by atoms with E-state index in [1.807, 2.05) is 12.1 Å². The third kappa shape index (κ3) is 3.32. The van der Waals surface area contributed by atoms with Crippen molar-refractivity contribution in [1.82, 2.24) is 9.97 Å². The van der Waals surface area contributed by atoms with E-state index in [0.29, 0.717) is 6.42 Å². The van der Waals surface area contributed by atoms with E-state index >= 15 is 0 Å². The Balaban J connectivity index is 1.77. The lowest BCUT2D eigenvalue weighted by molar-refractivity contribution is 0.0981. The Hall–Kier alpha value is -1.68. The van der Waals surface area contributed by atoms with E-state index in [1.165, 1.54) is 10.5 Å². The van der Waals surface area contributed by atoms with Gasteiger partial charge in [-0.05, 0) is 37.8 Å². The van der Waals surface area contributed by atoms with Gasteiger partial charge in [-0.25, -0.2) is 9.97 Å². The van der Waals surface area contributed by atoms with E-state index in [-0.39, 0.29) is 5.78 Å². The molecule has 0 saturated heterocycles. The Bertz CT molecular complexity index is 670. The van der Waals surface area contributed by atoms with Gasteiger partial charge < -0.3 is 0 Å². The SMILES string of the molecule is Cc1ccccc1SCc1ncc2c(n1)CCCCC2=O. The van der Waals surface area contributed by atoms with Gasteiger partial charge >= 0.3 is 0 Å². The van der Waals surface area contributed by atoms with Crippen molar-refractivity contribution in [2.75, 3.05) is 0 Å². The fourth-order valence-corrected chi connectivity index (χ4v) is 3.42. The summed E-state index contributed by atoms with van der Waals surface area (Å²) in [4.78, 5) is 22.2. The number of aromatic nitrogens is 2. The smallest absolute Gasteiger partial charge is 0.166 e. The highest BCUT2D eigenvalue weighted by Gasteiger charge is 2.17. The molecule has 3 rings (SSSR count). The van der Waals surface area contributed by atoms with Crippen LogP contribution in [0.25, 0.3) is 0 Å². The van der Waals surface area contributed by atoms with Crippen molar-refractivity contribution in [3.05, 3.63) is 53.1 Å². The second-order valence-electron chi connectivity index (χ2n) is 5.33. The molecule has 0 fully saturated rings. The van der Waals surface area contributed by atoms with Crippen LogP contribution in [-0.2, 0) is 12.2 Å². The normalized spacial score (nSPS) is 14.6. The second-order valence-corrected chi connectivity index (χ2v) is 6.35. The minimum Gasteiger partial charge on any atom is -0.294 e. The minimum atomic E-state index is 0.195. The van der Waals surface area contributed by atoms with Gasteiger partial charge in [0, 0.05) is 17.5 Å². The summed E-state index contributed by atoms with van der Waals surface area (Å²) in [6, 6.07) is 8.32. The molecule has 2 aromatic rings. The summed E-state index contributed by atoms with van der Waals surface area (Å²) in [5.41, 5.74) is 2.94. The van der Waals surface area contributed by atoms with Crippen molar-refractivity contribution >= 4 is 17.5 Å². The Labute approximate surface area is 129 Å². The van der Waals surface area contributed by atoms with Crippen molar-refractivity contribution in [3.8, 4) is 0 Å². The highest BCUT2D eigenvalue weighted by molar-refractivity contribution is 7.98. The van der Waals surface area contributed by atoms with Gasteiger partial charge in [0.25, 0.3) is 0 Å². The van der Waals surface area contributed by atoms with Gasteiger partial charge in [-0.2, -0.15) is 0 Å². The molecular formula is C17H18N2OS. The van der Waals surface area contributed by atoms with Crippen LogP contribution in [0, 0.1) is 6.92 Å². The number of hydrogen-bond acceptors (Lipinski definition) is 4. The minimum absolute atomic E-state index is 0.195. The molecule has 0 saturated carbocycles. The molecule has 0 radical (unpaired) electrons. The van der Waals surface area contributed by atoms with Gasteiger partial charge in [0.05, 0.1) is 17.0 Å². The fraction of sp³-hybridized carbons (Fsp3) is 0.353. The number of hydrogen-bond donors (Lipinski definition) is 0. The molecule has 4 heteroatoms. The zero-order valence-corrected chi connectivity index (χ0v) is 12.9. The van der Waals surface area contributed by atoms with Gasteiger partial charge in [-0.15, -0.1) is 11.8 Å². The van der Waals surface area contributed by atoms with Crippen molar-refractivity contribution in [2.24, 2.45) is 0 Å². The summed E-state index contributed by atoms with van der Waals surface area (Å²) in [6.45, 7) is 2.11. The van der Waals surface area contributed by atoms with Crippen molar-refractivity contribution in [2.45, 2.75) is 43.3 Å². The molecule has 1 aromatic heterocycles. The van der Waals surface area contributed by atoms with E-state index in [2.05, 4.69) is 29.0 Å². The maximum Gasteiger partial charge on any atom is 0.166 e. The maximum atomic E-state index is 12.0. The van der Waals surface area contributed by atoms with Crippen LogP contribution in [-0.4, -0.2) is 15.8 Å². The largest absolute Gasteiger partial charge is 0.294 e. The molecule has 1 heterocycles. The average molecular weight is 298 g/mol. The molecule has 0 amide bonds. The summed E-state index contributed by atoms with van der Waals surface area (Å²) >= 11 is 1.75. The Morgan fingerprint density at radius 2 is 2.00 bits per heavy atom. The highest BCUT2D eigenvalue weighted by Crippen LogP contribution is 2.25. The van der Waals surface area contributed by atoms with Crippen LogP contribution in [0.15, 0.2) is 35.4 Å². The molecular weight excluding hydrogens is 280 g/mol. The molecule has 0 unspecified atom stereocenters. The first-order valence-corrected chi connectivity index (χ1v) is 8.29. The lowest BCUT2D eigenvalue weighted by Gasteiger charge is -2.07. The lowest BCUT2D eigenvalue weighted by atomic mass is 10.1. The number of carbonyl (C=O) groups excluding carboxylic acids is 1. The molecule has 0 atom stereocenters. The molecule has 0 bridgehead atoms. The van der Waals surface area contributed by atoms with E-state index < -0.39 is 0 Å². The number of benzene rings is 1. The summed E-state index contributed by atoms with van der Waals surface area (Å²) in [7, 11) is 0. The predicted molar refractivity (Wildman–Crippen MR) is 84.7 cm³/mol. The number of aryl methyl sites for hydroxylation is 2. The Morgan fingerprint density at radius 1 is 1.19 bits per heavy atom. The first kappa shape index (κ1) is 14.3. The van der Waals surface area contributed by atoms with Gasteiger partial charge in [-0.3, -0.25) is 4.79 Å². The van der Waals surface area contributed by atoms with Crippen LogP contribution in [0.2, 0.25) is 0 Å². The first-order valence-electron chi connectivity index (χ1n) is 7.30. The number of rotatable bonds is 3. The van der Waals surface area contributed by atoms with Gasteiger partial charge in [0.15, 0.2) is 5.78 Å². The van der Waals surface area contributed by atoms with Crippen LogP contribution in [0.4, 0.5) is 0 Å². The van der Waals surface area contributed by atoms with Gasteiger partial charge in [0.1, 0.15) is 5.82 Å². The van der Waals surface area contributed by atoms with Crippen LogP contribution in [0.1, 0.15) is 46.7 Å². The quantitative estimate of drug-likeness (QED) is 0.635. The van der Waals surface area contributed by atoms with Crippen molar-refractivity contribution in [3.63, 3.8) is 0 Å². The molecule has 21 heavy (non-hydrogen) atoms. The summed E-state index contributed by atoms with van der Waals surface area (Å²) in [5.74, 6) is 1.75. The monoisotopic (exact) mass is 298 g/mol. The third-order valence-electron chi connectivity index (χ3n) is 3.74. The average Bonchev–Trinajstić information content (AvgIpc) is 2.68. The van der Waals surface area contributed by atoms with Crippen LogP contribution < -0.4 is 0 Å². The van der Waals surface area contributed by atoms with Crippen LogP contribution >= 0.6 is 11.8 Å². The van der Waals surface area contributed by atoms with Crippen molar-refractivity contribution < 1.29 is 4.79 Å². The first-order chi connectivity index (χ1) is 10.2. The van der Waals surface area contributed by atoms with E-state index in [4.69, 9.17) is 0 Å². The molecule has 1 aromatic carbocycles. The standard InChI is InChI=1S/C17H18N2OS/c1-12-6-2-5-9-16(12)21-11-17-18-10-13-14(19-17)7-3-4-8-15(13)20/h2,5-6,9-10H,3-4,7-8,11H2,1H3. The molecule has 0 N–H and O–H groups in total. The number of thioether (sulfide) groups is 1. The van der Waals surface area contributed by atoms with E-state index in [0.717, 1.165) is 42.1 Å². The molecule has 1 aliphatic rings. The lowest BCUT2D eigenvalue weighted by Crippen LogP contribution is -2.06. The van der Waals surface area contributed by atoms with Crippen LogP contribution in [0.5, 0.6) is 0 Å². The predicted octanol–water partition coefficient (Wildman–Crippen LogP) is 3.99. The maximum absolute atomic E-state index is 12.0.